The highest BCUT2D eigenvalue weighted by Gasteiger charge is 2.19. The van der Waals surface area contributed by atoms with Gasteiger partial charge >= 0.3 is 0 Å². The Bertz CT molecular complexity index is 414. The quantitative estimate of drug-likeness (QED) is 0.548. The van der Waals surface area contributed by atoms with Crippen molar-refractivity contribution in [2.24, 2.45) is 0 Å². The number of nitrogens with two attached hydrogens (primary N) is 1. The summed E-state index contributed by atoms with van der Waals surface area (Å²) in [6.07, 6.45) is 2.31. The number of nitrogen functional groups attached to an aromatic ring is 1. The summed E-state index contributed by atoms with van der Waals surface area (Å²) in [5, 5.41) is 11.9. The van der Waals surface area contributed by atoms with Crippen molar-refractivity contribution in [2.45, 2.75) is 25.4 Å². The second kappa shape index (κ2) is 5.05. The highest BCUT2D eigenvalue weighted by molar-refractivity contribution is 5.94. The van der Waals surface area contributed by atoms with E-state index in [1.807, 2.05) is 0 Å². The molecule has 2 rings (SSSR count). The van der Waals surface area contributed by atoms with E-state index in [0.29, 0.717) is 17.8 Å². The predicted octanol–water partition coefficient (Wildman–Crippen LogP) is 1.48. The van der Waals surface area contributed by atoms with E-state index >= 15 is 0 Å². The molecule has 1 saturated heterocycles. The predicted molar refractivity (Wildman–Crippen MR) is 64.7 cm³/mol. The van der Waals surface area contributed by atoms with Crippen molar-refractivity contribution in [1.29, 1.82) is 0 Å². The highest BCUT2D eigenvalue weighted by Crippen LogP contribution is 2.24. The zero-order valence-corrected chi connectivity index (χ0v) is 9.48. The number of hydrogen-bond acceptors (Lipinski definition) is 4. The molecule has 1 aromatic carbocycles. The van der Waals surface area contributed by atoms with Crippen molar-refractivity contribution in [3.63, 3.8) is 0 Å². The summed E-state index contributed by atoms with van der Waals surface area (Å²) in [6.45, 7) is 0.735. The lowest BCUT2D eigenvalue weighted by Crippen LogP contribution is -2.19. The molecule has 1 aliphatic heterocycles. The number of phenolic OH excluding ortho intramolecular Hbond substituents is 1. The Balaban J connectivity index is 1.93. The summed E-state index contributed by atoms with van der Waals surface area (Å²) < 4.78 is 5.38. The van der Waals surface area contributed by atoms with Crippen LogP contribution in [-0.4, -0.2) is 23.7 Å². The van der Waals surface area contributed by atoms with Crippen LogP contribution in [0.15, 0.2) is 18.2 Å². The molecule has 1 amide bonds. The van der Waals surface area contributed by atoms with Gasteiger partial charge in [0.15, 0.2) is 0 Å². The van der Waals surface area contributed by atoms with E-state index in [0.717, 1.165) is 19.4 Å². The smallest absolute Gasteiger partial charge is 0.227 e. The first-order valence-corrected chi connectivity index (χ1v) is 5.65. The third-order valence-corrected chi connectivity index (χ3v) is 2.75. The monoisotopic (exact) mass is 236 g/mol. The van der Waals surface area contributed by atoms with Gasteiger partial charge in [-0.25, -0.2) is 0 Å². The Morgan fingerprint density at radius 1 is 1.59 bits per heavy atom. The first-order valence-electron chi connectivity index (χ1n) is 5.65. The molecule has 0 bridgehead atoms. The van der Waals surface area contributed by atoms with Crippen LogP contribution in [0.5, 0.6) is 5.75 Å². The van der Waals surface area contributed by atoms with E-state index in [9.17, 15) is 9.90 Å². The zero-order chi connectivity index (χ0) is 12.3. The summed E-state index contributed by atoms with van der Waals surface area (Å²) >= 11 is 0. The number of ether oxygens (including phenoxy) is 1. The van der Waals surface area contributed by atoms with Crippen molar-refractivity contribution < 1.29 is 14.6 Å². The van der Waals surface area contributed by atoms with Crippen molar-refractivity contribution in [1.82, 2.24) is 0 Å². The van der Waals surface area contributed by atoms with Crippen molar-refractivity contribution in [3.05, 3.63) is 18.2 Å². The highest BCUT2D eigenvalue weighted by atomic mass is 16.5. The average molecular weight is 236 g/mol. The number of nitrogens with one attached hydrogen (secondary N) is 1. The molecule has 0 radical (unpaired) electrons. The molecule has 1 atom stereocenters. The van der Waals surface area contributed by atoms with Gasteiger partial charge in [0.1, 0.15) is 5.75 Å². The fourth-order valence-electron chi connectivity index (χ4n) is 1.88. The van der Waals surface area contributed by atoms with Crippen molar-refractivity contribution in [2.75, 3.05) is 17.7 Å². The Labute approximate surface area is 99.6 Å². The Morgan fingerprint density at radius 3 is 3.06 bits per heavy atom. The first-order chi connectivity index (χ1) is 8.15. The summed E-state index contributed by atoms with van der Waals surface area (Å²) in [7, 11) is 0. The van der Waals surface area contributed by atoms with Crippen LogP contribution < -0.4 is 11.1 Å². The molecule has 1 unspecified atom stereocenters. The largest absolute Gasteiger partial charge is 0.508 e. The van der Waals surface area contributed by atoms with Gasteiger partial charge in [-0.3, -0.25) is 4.79 Å². The molecular formula is C12H16N2O3. The molecule has 92 valence electrons. The summed E-state index contributed by atoms with van der Waals surface area (Å²) in [4.78, 5) is 11.7. The minimum atomic E-state index is -0.116. The summed E-state index contributed by atoms with van der Waals surface area (Å²) in [6, 6.07) is 4.47. The number of phenols is 1. The fourth-order valence-corrected chi connectivity index (χ4v) is 1.88. The van der Waals surface area contributed by atoms with E-state index in [4.69, 9.17) is 10.5 Å². The summed E-state index contributed by atoms with van der Waals surface area (Å²) in [5.41, 5.74) is 6.54. The van der Waals surface area contributed by atoms with E-state index in [2.05, 4.69) is 5.32 Å². The van der Waals surface area contributed by atoms with E-state index in [1.54, 1.807) is 6.07 Å². The SMILES string of the molecule is Nc1cc(O)ccc1NC(=O)CC1CCCO1. The van der Waals surface area contributed by atoms with Crippen LogP contribution >= 0.6 is 0 Å². The lowest BCUT2D eigenvalue weighted by Gasteiger charge is -2.11. The van der Waals surface area contributed by atoms with E-state index < -0.39 is 0 Å². The van der Waals surface area contributed by atoms with E-state index in [1.165, 1.54) is 12.1 Å². The van der Waals surface area contributed by atoms with Gasteiger partial charge in [0.05, 0.1) is 23.9 Å². The number of anilines is 2. The minimum Gasteiger partial charge on any atom is -0.508 e. The maximum absolute atomic E-state index is 11.7. The molecule has 4 N–H and O–H groups in total. The first kappa shape index (κ1) is 11.7. The minimum absolute atomic E-state index is 0.0216. The molecule has 1 aromatic rings. The van der Waals surface area contributed by atoms with Crippen LogP contribution in [0, 0.1) is 0 Å². The van der Waals surface area contributed by atoms with Crippen molar-refractivity contribution in [3.8, 4) is 5.75 Å². The number of aromatic hydroxyl groups is 1. The molecule has 0 aliphatic carbocycles. The molecule has 17 heavy (non-hydrogen) atoms. The van der Waals surface area contributed by atoms with Gasteiger partial charge in [-0.2, -0.15) is 0 Å². The number of carbonyl (C=O) groups is 1. The average Bonchev–Trinajstić information content (AvgIpc) is 2.75. The lowest BCUT2D eigenvalue weighted by atomic mass is 10.1. The third-order valence-electron chi connectivity index (χ3n) is 2.75. The maximum Gasteiger partial charge on any atom is 0.227 e. The third kappa shape index (κ3) is 3.10. The van der Waals surface area contributed by atoms with Crippen molar-refractivity contribution >= 4 is 17.3 Å². The molecule has 1 heterocycles. The van der Waals surface area contributed by atoms with Gasteiger partial charge in [0.25, 0.3) is 0 Å². The molecule has 0 saturated carbocycles. The fraction of sp³-hybridized carbons (Fsp3) is 0.417. The van der Waals surface area contributed by atoms with E-state index in [-0.39, 0.29) is 17.8 Å². The van der Waals surface area contributed by atoms with Crippen LogP contribution in [0.1, 0.15) is 19.3 Å². The standard InChI is InChI=1S/C12H16N2O3/c13-10-6-8(15)3-4-11(10)14-12(16)7-9-2-1-5-17-9/h3-4,6,9,15H,1-2,5,7,13H2,(H,14,16). The molecular weight excluding hydrogens is 220 g/mol. The van der Waals surface area contributed by atoms with Gasteiger partial charge < -0.3 is 20.9 Å². The number of carbonyl (C=O) groups excluding carboxylic acids is 1. The normalized spacial score (nSPS) is 19.2. The number of amides is 1. The molecule has 1 fully saturated rings. The maximum atomic E-state index is 11.7. The van der Waals surface area contributed by atoms with Gasteiger partial charge in [0.2, 0.25) is 5.91 Å². The van der Waals surface area contributed by atoms with Crippen LogP contribution in [0.2, 0.25) is 0 Å². The van der Waals surface area contributed by atoms with Gasteiger partial charge in [-0.15, -0.1) is 0 Å². The Morgan fingerprint density at radius 2 is 2.41 bits per heavy atom. The van der Waals surface area contributed by atoms with Crippen LogP contribution in [0.3, 0.4) is 0 Å². The topological polar surface area (TPSA) is 84.6 Å². The Kier molecular flexibility index (Phi) is 3.49. The lowest BCUT2D eigenvalue weighted by molar-refractivity contribution is -0.118. The molecule has 5 nitrogen and oxygen atoms in total. The molecule has 5 heteroatoms. The van der Waals surface area contributed by atoms with Gasteiger partial charge in [-0.1, -0.05) is 0 Å². The van der Waals surface area contributed by atoms with Gasteiger partial charge in [0, 0.05) is 12.7 Å². The summed E-state index contributed by atoms with van der Waals surface area (Å²) in [5.74, 6) is -0.0334. The second-order valence-corrected chi connectivity index (χ2v) is 4.16. The van der Waals surface area contributed by atoms with Gasteiger partial charge in [-0.05, 0) is 25.0 Å². The number of rotatable bonds is 3. The van der Waals surface area contributed by atoms with Crippen LogP contribution in [-0.2, 0) is 9.53 Å². The number of benzene rings is 1. The zero-order valence-electron chi connectivity index (χ0n) is 9.48. The Hall–Kier alpha value is -1.75. The van der Waals surface area contributed by atoms with Crippen LogP contribution in [0.4, 0.5) is 11.4 Å². The molecule has 0 spiro atoms. The second-order valence-electron chi connectivity index (χ2n) is 4.16. The molecule has 0 aromatic heterocycles. The number of hydrogen-bond donors (Lipinski definition) is 3. The van der Waals surface area contributed by atoms with Crippen LogP contribution in [0.25, 0.3) is 0 Å². The molecule has 1 aliphatic rings.